The van der Waals surface area contributed by atoms with E-state index in [4.69, 9.17) is 28.7 Å². The van der Waals surface area contributed by atoms with Crippen molar-refractivity contribution in [3.05, 3.63) is 29.8 Å². The van der Waals surface area contributed by atoms with Crippen LogP contribution in [0, 0.1) is 5.92 Å². The standard InChI is InChI=1S/C44H74N14O13/c1-22(2)19-33(43(70)71)58-40(67)29(9-6-7-17-45)55-39(66)30(10-8-18-50-44(48)49)56-41(68)31(15-16-34(47)61)54-37(64)25(5)52-35(62)23(3)51-36(63)24(4)53-42(69)32(57-38(65)28(46)21-59)20-26-11-13-27(60)14-12-26/h11-14,22-25,28-33,59-60H,6-10,15-21,45-46H2,1-5H3,(H2,47,61)(H,51,63)(H,52,62)(H,53,69)(H,54,64)(H,55,66)(H,56,68)(H,57,65)(H,58,67)(H,70,71)(H4,48,49,50)/t23-,24-,25-,28-,29-,30-,31-,32-,33-/m0/s1. The zero-order chi connectivity index (χ0) is 54.0. The minimum absolute atomic E-state index is 0.0211. The van der Waals surface area contributed by atoms with Crippen LogP contribution < -0.4 is 71.2 Å². The minimum Gasteiger partial charge on any atom is -0.508 e. The second-order valence-corrected chi connectivity index (χ2v) is 17.4. The number of nitrogens with two attached hydrogens (primary N) is 5. The van der Waals surface area contributed by atoms with Gasteiger partial charge in [-0.15, -0.1) is 0 Å². The van der Waals surface area contributed by atoms with Crippen LogP contribution in [0.3, 0.4) is 0 Å². The number of carboxylic acid groups (broad SMARTS) is 1. The summed E-state index contributed by atoms with van der Waals surface area (Å²) in [6, 6.07) is -6.33. The monoisotopic (exact) mass is 1010 g/mol. The van der Waals surface area contributed by atoms with Gasteiger partial charge in [0.15, 0.2) is 5.96 Å². The van der Waals surface area contributed by atoms with Gasteiger partial charge < -0.3 is 86.5 Å². The molecule has 0 saturated carbocycles. The first-order chi connectivity index (χ1) is 33.3. The second-order valence-electron chi connectivity index (χ2n) is 17.4. The van der Waals surface area contributed by atoms with Crippen LogP contribution in [0.4, 0.5) is 0 Å². The number of hydrogen-bond acceptors (Lipinski definition) is 15. The summed E-state index contributed by atoms with van der Waals surface area (Å²) >= 11 is 0. The highest BCUT2D eigenvalue weighted by Crippen LogP contribution is 2.13. The number of hydrogen-bond donors (Lipinski definition) is 16. The number of phenolic OH excluding ortho intramolecular Hbond substituents is 1. The van der Waals surface area contributed by atoms with E-state index in [0.717, 1.165) is 0 Å². The van der Waals surface area contributed by atoms with Crippen molar-refractivity contribution in [1.29, 1.82) is 0 Å². The highest BCUT2D eigenvalue weighted by atomic mass is 16.4. The number of amides is 9. The number of aliphatic imine (C=N–C) groups is 1. The van der Waals surface area contributed by atoms with E-state index in [1.54, 1.807) is 13.8 Å². The highest BCUT2D eigenvalue weighted by Gasteiger charge is 2.33. The van der Waals surface area contributed by atoms with E-state index in [0.29, 0.717) is 18.4 Å². The quantitative estimate of drug-likeness (QED) is 0.0178. The number of nitrogens with one attached hydrogen (secondary N) is 8. The molecule has 0 aliphatic rings. The lowest BCUT2D eigenvalue weighted by molar-refractivity contribution is -0.143. The maximum Gasteiger partial charge on any atom is 0.326 e. The van der Waals surface area contributed by atoms with Gasteiger partial charge >= 0.3 is 5.97 Å². The number of rotatable bonds is 33. The Kier molecular flexibility index (Phi) is 27.8. The third-order valence-electron chi connectivity index (χ3n) is 10.6. The van der Waals surface area contributed by atoms with Crippen LogP contribution in [0.5, 0.6) is 5.75 Å². The molecule has 9 atom stereocenters. The van der Waals surface area contributed by atoms with Crippen LogP contribution in [0.25, 0.3) is 0 Å². The number of phenols is 1. The van der Waals surface area contributed by atoms with E-state index < -0.39 is 127 Å². The lowest BCUT2D eigenvalue weighted by Crippen LogP contribution is -2.59. The number of aliphatic carboxylic acids is 1. The minimum atomic E-state index is -1.53. The molecule has 0 aromatic heterocycles. The molecule has 1 aromatic carbocycles. The number of carboxylic acids is 1. The first kappa shape index (κ1) is 61.9. The van der Waals surface area contributed by atoms with Gasteiger partial charge in [0.05, 0.1) is 6.61 Å². The Morgan fingerprint density at radius 1 is 0.563 bits per heavy atom. The molecular formula is C44H74N14O13. The van der Waals surface area contributed by atoms with Crippen LogP contribution in [0.2, 0.25) is 0 Å². The van der Waals surface area contributed by atoms with Gasteiger partial charge in [0.1, 0.15) is 60.1 Å². The lowest BCUT2D eigenvalue weighted by atomic mass is 10.0. The molecule has 398 valence electrons. The molecule has 0 aliphatic heterocycles. The predicted molar refractivity (Wildman–Crippen MR) is 258 cm³/mol. The van der Waals surface area contributed by atoms with Crippen molar-refractivity contribution in [3.8, 4) is 5.75 Å². The molecule has 0 unspecified atom stereocenters. The summed E-state index contributed by atoms with van der Waals surface area (Å²) in [5.41, 5.74) is 28.0. The predicted octanol–water partition coefficient (Wildman–Crippen LogP) is -5.23. The third-order valence-corrected chi connectivity index (χ3v) is 10.6. The van der Waals surface area contributed by atoms with Crippen LogP contribution in [-0.4, -0.2) is 154 Å². The Morgan fingerprint density at radius 2 is 0.986 bits per heavy atom. The van der Waals surface area contributed by atoms with Crippen LogP contribution >= 0.6 is 0 Å². The van der Waals surface area contributed by atoms with Gasteiger partial charge in [0, 0.05) is 19.4 Å². The summed E-state index contributed by atoms with van der Waals surface area (Å²) in [7, 11) is 0. The summed E-state index contributed by atoms with van der Waals surface area (Å²) in [5.74, 6) is -9.47. The van der Waals surface area contributed by atoms with Gasteiger partial charge in [-0.3, -0.25) is 48.1 Å². The number of carbonyl (C=O) groups excluding carboxylic acids is 9. The molecule has 0 aliphatic carbocycles. The molecule has 0 fully saturated rings. The number of nitrogens with zero attached hydrogens (tertiary/aromatic N) is 1. The van der Waals surface area contributed by atoms with Crippen molar-refractivity contribution < 1.29 is 63.3 Å². The second kappa shape index (κ2) is 31.9. The number of guanidine groups is 1. The van der Waals surface area contributed by atoms with E-state index in [-0.39, 0.29) is 69.2 Å². The van der Waals surface area contributed by atoms with Gasteiger partial charge in [-0.2, -0.15) is 0 Å². The normalized spacial score (nSPS) is 14.8. The number of unbranched alkanes of at least 4 members (excludes halogenated alkanes) is 1. The first-order valence-electron chi connectivity index (χ1n) is 23.1. The first-order valence-corrected chi connectivity index (χ1v) is 23.1. The molecule has 1 rings (SSSR count). The molecule has 0 spiro atoms. The molecule has 71 heavy (non-hydrogen) atoms. The SMILES string of the molecule is CC(C)C[C@H](NC(=O)[C@H](CCCCN)NC(=O)[C@H](CCCN=C(N)N)NC(=O)[C@H](CCC(N)=O)NC(=O)[C@H](C)NC(=O)[C@H](C)NC(=O)[C@H](C)NC(=O)[C@H](Cc1ccc(O)cc1)NC(=O)[C@@H](N)CO)C(=O)O. The molecule has 21 N–H and O–H groups in total. The van der Waals surface area contributed by atoms with Crippen molar-refractivity contribution in [1.82, 2.24) is 42.5 Å². The number of primary amides is 1. The van der Waals surface area contributed by atoms with Gasteiger partial charge in [-0.25, -0.2) is 4.79 Å². The van der Waals surface area contributed by atoms with E-state index in [9.17, 15) is 63.3 Å². The summed E-state index contributed by atoms with van der Waals surface area (Å²) in [5, 5.41) is 48.3. The molecule has 27 nitrogen and oxygen atoms in total. The smallest absolute Gasteiger partial charge is 0.326 e. The number of carbonyl (C=O) groups is 10. The molecule has 0 saturated heterocycles. The van der Waals surface area contributed by atoms with Gasteiger partial charge in [0.2, 0.25) is 53.2 Å². The van der Waals surface area contributed by atoms with Gasteiger partial charge in [-0.1, -0.05) is 26.0 Å². The molecule has 9 amide bonds. The zero-order valence-electron chi connectivity index (χ0n) is 40.8. The van der Waals surface area contributed by atoms with Crippen molar-refractivity contribution in [2.24, 2.45) is 39.6 Å². The fourth-order valence-electron chi connectivity index (χ4n) is 6.52. The summed E-state index contributed by atoms with van der Waals surface area (Å²) in [6.45, 7) is 6.96. The number of aromatic hydroxyl groups is 1. The largest absolute Gasteiger partial charge is 0.508 e. The number of aliphatic hydroxyl groups excluding tert-OH is 1. The van der Waals surface area contributed by atoms with Gasteiger partial charge in [-0.05, 0) is 95.9 Å². The Balaban J connectivity index is 3.19. The molecule has 0 heterocycles. The van der Waals surface area contributed by atoms with E-state index in [1.165, 1.54) is 45.0 Å². The van der Waals surface area contributed by atoms with E-state index in [1.807, 2.05) is 0 Å². The molecule has 1 aromatic rings. The van der Waals surface area contributed by atoms with Gasteiger partial charge in [0.25, 0.3) is 0 Å². The zero-order valence-corrected chi connectivity index (χ0v) is 40.8. The van der Waals surface area contributed by atoms with Crippen molar-refractivity contribution in [2.75, 3.05) is 19.7 Å². The Labute approximate surface area is 411 Å². The topological polar surface area (TPSA) is 470 Å². The van der Waals surface area contributed by atoms with Crippen LogP contribution in [0.1, 0.15) is 91.5 Å². The molecular weight excluding hydrogens is 933 g/mol. The van der Waals surface area contributed by atoms with E-state index >= 15 is 0 Å². The molecule has 27 heteroatoms. The van der Waals surface area contributed by atoms with Crippen molar-refractivity contribution >= 4 is 65.1 Å². The third kappa shape index (κ3) is 24.3. The van der Waals surface area contributed by atoms with Crippen LogP contribution in [-0.2, 0) is 54.4 Å². The fraction of sp³-hybridized carbons (Fsp3) is 0.614. The van der Waals surface area contributed by atoms with Crippen molar-refractivity contribution in [2.45, 2.75) is 147 Å². The summed E-state index contributed by atoms with van der Waals surface area (Å²) < 4.78 is 0. The summed E-state index contributed by atoms with van der Waals surface area (Å²) in [4.78, 5) is 134. The maximum absolute atomic E-state index is 13.9. The van der Waals surface area contributed by atoms with Crippen molar-refractivity contribution in [3.63, 3.8) is 0 Å². The maximum atomic E-state index is 13.9. The van der Waals surface area contributed by atoms with E-state index in [2.05, 4.69) is 47.5 Å². The lowest BCUT2D eigenvalue weighted by Gasteiger charge is -2.27. The Morgan fingerprint density at radius 3 is 1.44 bits per heavy atom. The van der Waals surface area contributed by atoms with Crippen LogP contribution in [0.15, 0.2) is 29.3 Å². The Bertz CT molecular complexity index is 2000. The summed E-state index contributed by atoms with van der Waals surface area (Å²) in [6.07, 6.45) is 0.133. The Hall–Kier alpha value is -7.13. The number of benzene rings is 1. The number of aliphatic hydroxyl groups is 1. The molecule has 0 radical (unpaired) electrons. The average molecular weight is 1010 g/mol. The fourth-order valence-corrected chi connectivity index (χ4v) is 6.52. The molecule has 0 bridgehead atoms. The average Bonchev–Trinajstić information content (AvgIpc) is 3.29. The highest BCUT2D eigenvalue weighted by molar-refractivity contribution is 5.98.